The first-order valence-electron chi connectivity index (χ1n) is 7.65. The predicted molar refractivity (Wildman–Crippen MR) is 79.3 cm³/mol. The molecule has 2 fully saturated rings. The number of rotatable bonds is 2. The van der Waals surface area contributed by atoms with Gasteiger partial charge in [0, 0.05) is 24.9 Å². The molecule has 1 aromatic carbocycles. The van der Waals surface area contributed by atoms with Crippen molar-refractivity contribution in [2.75, 3.05) is 6.54 Å². The molecule has 6 nitrogen and oxygen atoms in total. The van der Waals surface area contributed by atoms with E-state index in [-0.39, 0.29) is 17.7 Å². The van der Waals surface area contributed by atoms with Crippen molar-refractivity contribution < 1.29 is 14.4 Å². The first-order chi connectivity index (χ1) is 10.7. The molecule has 2 aliphatic rings. The van der Waals surface area contributed by atoms with Crippen LogP contribution in [0.2, 0.25) is 0 Å². The summed E-state index contributed by atoms with van der Waals surface area (Å²) in [5, 5.41) is 5.85. The number of hydrazine groups is 1. The van der Waals surface area contributed by atoms with E-state index in [4.69, 9.17) is 0 Å². The van der Waals surface area contributed by atoms with Crippen molar-refractivity contribution in [3.8, 4) is 0 Å². The number of hydrogen-bond acceptors (Lipinski definition) is 3. The molecule has 2 heterocycles. The van der Waals surface area contributed by atoms with Gasteiger partial charge in [-0.25, -0.2) is 10.0 Å². The molecule has 3 amide bonds. The summed E-state index contributed by atoms with van der Waals surface area (Å²) >= 11 is 0. The van der Waals surface area contributed by atoms with Gasteiger partial charge in [0.1, 0.15) is 6.17 Å². The number of carbonyl (C=O) groups excluding carboxylic acids is 3. The van der Waals surface area contributed by atoms with E-state index in [1.165, 1.54) is 10.0 Å². The van der Waals surface area contributed by atoms with Gasteiger partial charge in [0.25, 0.3) is 5.91 Å². The van der Waals surface area contributed by atoms with Crippen LogP contribution >= 0.6 is 0 Å². The third-order valence-electron chi connectivity index (χ3n) is 4.06. The number of benzene rings is 1. The Balaban J connectivity index is 1.78. The van der Waals surface area contributed by atoms with Crippen molar-refractivity contribution in [3.05, 3.63) is 35.9 Å². The van der Waals surface area contributed by atoms with E-state index in [1.54, 1.807) is 24.3 Å². The first kappa shape index (κ1) is 14.6. The summed E-state index contributed by atoms with van der Waals surface area (Å²) in [4.78, 5) is 36.7. The molecular weight excluding hydrogens is 282 g/mol. The smallest absolute Gasteiger partial charge is 0.252 e. The fourth-order valence-corrected chi connectivity index (χ4v) is 2.98. The van der Waals surface area contributed by atoms with E-state index in [2.05, 4.69) is 5.32 Å². The first-order valence-corrected chi connectivity index (χ1v) is 7.65. The minimum Gasteiger partial charge on any atom is -0.330 e. The van der Waals surface area contributed by atoms with E-state index in [9.17, 15) is 14.4 Å². The van der Waals surface area contributed by atoms with Crippen LogP contribution < -0.4 is 5.32 Å². The maximum absolute atomic E-state index is 12.3. The topological polar surface area (TPSA) is 69.7 Å². The SMILES string of the molecule is O=C(N[C@@H]1CCCN2C(=O)CCCC(=O)N12)c1ccccc1. The van der Waals surface area contributed by atoms with Gasteiger partial charge >= 0.3 is 0 Å². The van der Waals surface area contributed by atoms with Crippen molar-refractivity contribution in [2.24, 2.45) is 0 Å². The molecular formula is C16H19N3O3. The fraction of sp³-hybridized carbons (Fsp3) is 0.438. The van der Waals surface area contributed by atoms with Crippen molar-refractivity contribution >= 4 is 17.7 Å². The molecule has 2 saturated heterocycles. The highest BCUT2D eigenvalue weighted by Crippen LogP contribution is 2.23. The molecule has 1 atom stereocenters. The molecule has 1 aromatic rings. The Morgan fingerprint density at radius 1 is 1.05 bits per heavy atom. The summed E-state index contributed by atoms with van der Waals surface area (Å²) in [6.07, 6.45) is 2.30. The second-order valence-electron chi connectivity index (χ2n) is 5.61. The summed E-state index contributed by atoms with van der Waals surface area (Å²) in [6.45, 7) is 0.544. The number of nitrogens with zero attached hydrogens (tertiary/aromatic N) is 2. The van der Waals surface area contributed by atoms with Gasteiger partial charge in [0.05, 0.1) is 0 Å². The van der Waals surface area contributed by atoms with Crippen molar-refractivity contribution in [3.63, 3.8) is 0 Å². The Bertz CT molecular complexity index is 588. The zero-order valence-corrected chi connectivity index (χ0v) is 12.3. The maximum atomic E-state index is 12.3. The number of fused-ring (bicyclic) bond motifs is 1. The normalized spacial score (nSPS) is 22.1. The predicted octanol–water partition coefficient (Wildman–Crippen LogP) is 1.29. The molecule has 116 valence electrons. The maximum Gasteiger partial charge on any atom is 0.252 e. The highest BCUT2D eigenvalue weighted by molar-refractivity contribution is 5.94. The van der Waals surface area contributed by atoms with Gasteiger partial charge in [-0.2, -0.15) is 0 Å². The summed E-state index contributed by atoms with van der Waals surface area (Å²) in [6, 6.07) is 8.89. The fourth-order valence-electron chi connectivity index (χ4n) is 2.98. The largest absolute Gasteiger partial charge is 0.330 e. The average Bonchev–Trinajstić information content (AvgIpc) is 2.68. The molecule has 0 aliphatic carbocycles. The van der Waals surface area contributed by atoms with E-state index in [1.807, 2.05) is 6.07 Å². The van der Waals surface area contributed by atoms with Crippen LogP contribution in [0.15, 0.2) is 30.3 Å². The quantitative estimate of drug-likeness (QED) is 0.895. The van der Waals surface area contributed by atoms with Crippen molar-refractivity contribution in [2.45, 2.75) is 38.3 Å². The molecule has 22 heavy (non-hydrogen) atoms. The Hall–Kier alpha value is -2.37. The van der Waals surface area contributed by atoms with Crippen LogP contribution in [0.25, 0.3) is 0 Å². The molecule has 0 aromatic heterocycles. The van der Waals surface area contributed by atoms with Gasteiger partial charge in [-0.05, 0) is 31.4 Å². The van der Waals surface area contributed by atoms with E-state index in [0.29, 0.717) is 37.8 Å². The third-order valence-corrected chi connectivity index (χ3v) is 4.06. The zero-order chi connectivity index (χ0) is 15.5. The lowest BCUT2D eigenvalue weighted by molar-refractivity contribution is -0.173. The van der Waals surface area contributed by atoms with Crippen molar-refractivity contribution in [1.29, 1.82) is 0 Å². The van der Waals surface area contributed by atoms with Crippen molar-refractivity contribution in [1.82, 2.24) is 15.3 Å². The number of nitrogens with one attached hydrogen (secondary N) is 1. The lowest BCUT2D eigenvalue weighted by Crippen LogP contribution is -2.62. The van der Waals surface area contributed by atoms with Crippen LogP contribution in [-0.2, 0) is 9.59 Å². The zero-order valence-electron chi connectivity index (χ0n) is 12.3. The molecule has 0 unspecified atom stereocenters. The Morgan fingerprint density at radius 3 is 2.55 bits per heavy atom. The summed E-state index contributed by atoms with van der Waals surface area (Å²) in [7, 11) is 0. The van der Waals surface area contributed by atoms with Crippen LogP contribution in [0.1, 0.15) is 42.5 Å². The van der Waals surface area contributed by atoms with Gasteiger partial charge in [0.15, 0.2) is 0 Å². The monoisotopic (exact) mass is 301 g/mol. The molecule has 6 heteroatoms. The second kappa shape index (κ2) is 6.17. The van der Waals surface area contributed by atoms with Gasteiger partial charge in [0.2, 0.25) is 11.8 Å². The molecule has 0 radical (unpaired) electrons. The molecule has 1 N–H and O–H groups in total. The van der Waals surface area contributed by atoms with Crippen LogP contribution in [0.3, 0.4) is 0 Å². The lowest BCUT2D eigenvalue weighted by atomic mass is 10.1. The average molecular weight is 301 g/mol. The third kappa shape index (κ3) is 2.81. The summed E-state index contributed by atoms with van der Waals surface area (Å²) in [5.74, 6) is -0.356. The molecule has 0 bridgehead atoms. The lowest BCUT2D eigenvalue weighted by Gasteiger charge is -2.43. The molecule has 3 rings (SSSR count). The molecule has 2 aliphatic heterocycles. The Labute approximate surface area is 129 Å². The van der Waals surface area contributed by atoms with Crippen LogP contribution in [0, 0.1) is 0 Å². The standard InChI is InChI=1S/C16H19N3O3/c20-14-9-4-10-15(21)19-13(8-5-11-18(14)19)17-16(22)12-6-2-1-3-7-12/h1-3,6-7,13H,4-5,8-11H2,(H,17,22)/t13-/m0/s1. The summed E-state index contributed by atoms with van der Waals surface area (Å²) < 4.78 is 0. The second-order valence-corrected chi connectivity index (χ2v) is 5.61. The van der Waals surface area contributed by atoms with E-state index in [0.717, 1.165) is 6.42 Å². The van der Waals surface area contributed by atoms with Gasteiger partial charge in [-0.15, -0.1) is 0 Å². The van der Waals surface area contributed by atoms with Crippen LogP contribution in [-0.4, -0.2) is 40.4 Å². The molecule has 0 spiro atoms. The minimum absolute atomic E-state index is 0.0375. The Kier molecular flexibility index (Phi) is 4.09. The van der Waals surface area contributed by atoms with Crippen LogP contribution in [0.5, 0.6) is 0 Å². The van der Waals surface area contributed by atoms with Gasteiger partial charge in [-0.1, -0.05) is 18.2 Å². The van der Waals surface area contributed by atoms with Gasteiger partial charge in [-0.3, -0.25) is 14.4 Å². The summed E-state index contributed by atoms with van der Waals surface area (Å²) in [5.41, 5.74) is 0.549. The number of carbonyl (C=O) groups is 3. The highest BCUT2D eigenvalue weighted by Gasteiger charge is 2.37. The molecule has 0 saturated carbocycles. The Morgan fingerprint density at radius 2 is 1.77 bits per heavy atom. The number of amides is 3. The van der Waals surface area contributed by atoms with E-state index >= 15 is 0 Å². The van der Waals surface area contributed by atoms with E-state index < -0.39 is 6.17 Å². The minimum atomic E-state index is -0.448. The van der Waals surface area contributed by atoms with Gasteiger partial charge < -0.3 is 5.32 Å². The van der Waals surface area contributed by atoms with Crippen LogP contribution in [0.4, 0.5) is 0 Å². The highest BCUT2D eigenvalue weighted by atomic mass is 16.2. The number of hydrogen-bond donors (Lipinski definition) is 1.